The third-order valence-electron chi connectivity index (χ3n) is 7.54. The molecule has 0 atom stereocenters. The number of likely N-dealkylation sites (N-methyl/N-ethyl adjacent to an activating group) is 1. The number of carbonyl (C=O) groups excluding carboxylic acids is 3. The predicted octanol–water partition coefficient (Wildman–Crippen LogP) is 2.83. The zero-order valence-corrected chi connectivity index (χ0v) is 22.5. The van der Waals surface area contributed by atoms with E-state index in [0.29, 0.717) is 49.1 Å². The minimum absolute atomic E-state index is 0.0330. The van der Waals surface area contributed by atoms with E-state index < -0.39 is 11.7 Å². The van der Waals surface area contributed by atoms with Crippen molar-refractivity contribution < 1.29 is 18.8 Å². The number of nitrogens with zero attached hydrogens (tertiary/aromatic N) is 5. The molecule has 0 saturated carbocycles. The Morgan fingerprint density at radius 2 is 1.85 bits per heavy atom. The first kappa shape index (κ1) is 25.4. The Bertz CT molecular complexity index is 1450. The van der Waals surface area contributed by atoms with Crippen molar-refractivity contribution in [1.82, 2.24) is 19.7 Å². The summed E-state index contributed by atoms with van der Waals surface area (Å²) >= 11 is 1.46. The Hall–Kier alpha value is -3.83. The lowest BCUT2D eigenvalue weighted by atomic mass is 10.1. The lowest BCUT2D eigenvalue weighted by Crippen LogP contribution is -2.51. The molecule has 1 aromatic heterocycles. The molecular weight excluding hydrogens is 519 g/mol. The summed E-state index contributed by atoms with van der Waals surface area (Å²) in [5.74, 6) is -1.12. The van der Waals surface area contributed by atoms with E-state index in [-0.39, 0.29) is 23.9 Å². The summed E-state index contributed by atoms with van der Waals surface area (Å²) in [5.41, 5.74) is 3.45. The van der Waals surface area contributed by atoms with Gasteiger partial charge in [-0.25, -0.2) is 9.37 Å². The van der Waals surface area contributed by atoms with Crippen molar-refractivity contribution in [1.29, 1.82) is 0 Å². The lowest BCUT2D eigenvalue weighted by Gasteiger charge is -2.37. The van der Waals surface area contributed by atoms with E-state index in [2.05, 4.69) is 22.2 Å². The molecule has 0 unspecified atom stereocenters. The molecule has 2 aromatic carbocycles. The fourth-order valence-corrected chi connectivity index (χ4v) is 6.49. The van der Waals surface area contributed by atoms with Crippen molar-refractivity contribution in [3.8, 4) is 0 Å². The Morgan fingerprint density at radius 1 is 1.05 bits per heavy atom. The van der Waals surface area contributed by atoms with Crippen LogP contribution in [0.5, 0.6) is 0 Å². The summed E-state index contributed by atoms with van der Waals surface area (Å²) < 4.78 is 14.2. The van der Waals surface area contributed by atoms with Crippen LogP contribution in [0.15, 0.2) is 42.5 Å². The first-order chi connectivity index (χ1) is 18.9. The van der Waals surface area contributed by atoms with Crippen LogP contribution in [0.1, 0.15) is 36.9 Å². The van der Waals surface area contributed by atoms with Crippen LogP contribution in [0.4, 0.5) is 15.2 Å². The average molecular weight is 549 g/mol. The highest BCUT2D eigenvalue weighted by Gasteiger charge is 2.31. The number of halogens is 1. The van der Waals surface area contributed by atoms with E-state index >= 15 is 0 Å². The maximum Gasteiger partial charge on any atom is 0.259 e. The molecule has 6 rings (SSSR count). The molecule has 1 N–H and O–H groups in total. The number of rotatable bonds is 5. The van der Waals surface area contributed by atoms with Gasteiger partial charge in [0.25, 0.3) is 11.8 Å². The Kier molecular flexibility index (Phi) is 6.78. The fourth-order valence-electron chi connectivity index (χ4n) is 5.41. The van der Waals surface area contributed by atoms with Gasteiger partial charge in [-0.05, 0) is 36.9 Å². The Labute approximate surface area is 229 Å². The molecule has 0 radical (unpaired) electrons. The molecule has 0 spiro atoms. The Morgan fingerprint density at radius 3 is 2.64 bits per heavy atom. The number of thiazole rings is 1. The van der Waals surface area contributed by atoms with Crippen molar-refractivity contribution >= 4 is 39.9 Å². The second-order valence-corrected chi connectivity index (χ2v) is 11.3. The van der Waals surface area contributed by atoms with Crippen LogP contribution < -0.4 is 10.2 Å². The monoisotopic (exact) mass is 548 g/mol. The molecule has 0 bridgehead atoms. The van der Waals surface area contributed by atoms with E-state index in [1.54, 1.807) is 21.9 Å². The number of hydrogen-bond acceptors (Lipinski definition) is 7. The summed E-state index contributed by atoms with van der Waals surface area (Å²) in [6.07, 6.45) is 0.839. The minimum atomic E-state index is -0.492. The highest BCUT2D eigenvalue weighted by Crippen LogP contribution is 2.30. The topological polar surface area (TPSA) is 89.1 Å². The predicted molar refractivity (Wildman–Crippen MR) is 146 cm³/mol. The van der Waals surface area contributed by atoms with Crippen LogP contribution >= 0.6 is 11.3 Å². The van der Waals surface area contributed by atoms with Crippen molar-refractivity contribution in [2.45, 2.75) is 19.5 Å². The average Bonchev–Trinajstić information content (AvgIpc) is 3.48. The van der Waals surface area contributed by atoms with Gasteiger partial charge < -0.3 is 19.6 Å². The van der Waals surface area contributed by atoms with E-state index in [4.69, 9.17) is 0 Å². The summed E-state index contributed by atoms with van der Waals surface area (Å²) in [7, 11) is 2.05. The highest BCUT2D eigenvalue weighted by molar-refractivity contribution is 7.15. The van der Waals surface area contributed by atoms with Crippen LogP contribution in [0.25, 0.3) is 0 Å². The zero-order valence-electron chi connectivity index (χ0n) is 21.7. The number of hydrogen-bond donors (Lipinski definition) is 1. The summed E-state index contributed by atoms with van der Waals surface area (Å²) in [6.45, 7) is 4.06. The van der Waals surface area contributed by atoms with Crippen molar-refractivity contribution in [3.05, 3.63) is 75.5 Å². The van der Waals surface area contributed by atoms with Gasteiger partial charge in [-0.15, -0.1) is 11.3 Å². The number of fused-ring (bicyclic) bond motifs is 2. The first-order valence-corrected chi connectivity index (χ1v) is 13.9. The first-order valence-electron chi connectivity index (χ1n) is 13.0. The van der Waals surface area contributed by atoms with Gasteiger partial charge >= 0.3 is 0 Å². The molecule has 3 amide bonds. The molecule has 202 valence electrons. The van der Waals surface area contributed by atoms with E-state index in [1.165, 1.54) is 23.5 Å². The molecule has 11 heteroatoms. The van der Waals surface area contributed by atoms with E-state index in [9.17, 15) is 18.8 Å². The number of amides is 3. The number of anilines is 2. The maximum atomic E-state index is 14.2. The molecule has 3 aliphatic heterocycles. The largest absolute Gasteiger partial charge is 0.367 e. The minimum Gasteiger partial charge on any atom is -0.367 e. The number of benzene rings is 2. The molecule has 4 heterocycles. The van der Waals surface area contributed by atoms with Gasteiger partial charge in [0.15, 0.2) is 5.13 Å². The quantitative estimate of drug-likeness (QED) is 0.528. The fraction of sp³-hybridized carbons (Fsp3) is 0.357. The van der Waals surface area contributed by atoms with Crippen LogP contribution in [0, 0.1) is 5.82 Å². The standard InChI is InChI=1S/C28H29FN6O3S/c1-32-9-8-22-24(16-32)39-28(30-22)31-26(37)21-14-19(29)6-7-23(21)33-10-12-34(13-11-33)25(36)17-35-15-18-4-2-3-5-20(18)27(35)38/h2-7,14H,8-13,15-17H2,1H3,(H,30,31,37). The Balaban J connectivity index is 1.10. The molecule has 3 aromatic rings. The number of piperazine rings is 1. The van der Waals surface area contributed by atoms with Crippen LogP contribution in [0.2, 0.25) is 0 Å². The normalized spacial score (nSPS) is 17.3. The molecule has 9 nitrogen and oxygen atoms in total. The summed E-state index contributed by atoms with van der Waals surface area (Å²) in [4.78, 5) is 52.2. The van der Waals surface area contributed by atoms with Gasteiger partial charge in [0, 0.05) is 68.4 Å². The SMILES string of the molecule is CN1CCc2nc(NC(=O)c3cc(F)ccc3N3CCN(C(=O)CN4Cc5ccccc5C4=O)CC3)sc2C1. The third kappa shape index (κ3) is 5.11. The van der Waals surface area contributed by atoms with Gasteiger partial charge in [-0.1, -0.05) is 18.2 Å². The van der Waals surface area contributed by atoms with E-state index in [1.807, 2.05) is 23.1 Å². The van der Waals surface area contributed by atoms with Gasteiger partial charge in [-0.3, -0.25) is 19.7 Å². The maximum absolute atomic E-state index is 14.2. The summed E-state index contributed by atoms with van der Waals surface area (Å²) in [6, 6.07) is 11.6. The van der Waals surface area contributed by atoms with Gasteiger partial charge in [0.1, 0.15) is 12.4 Å². The highest BCUT2D eigenvalue weighted by atomic mass is 32.1. The molecule has 39 heavy (non-hydrogen) atoms. The second-order valence-electron chi connectivity index (χ2n) is 10.2. The lowest BCUT2D eigenvalue weighted by molar-refractivity contribution is -0.132. The molecule has 1 saturated heterocycles. The third-order valence-corrected chi connectivity index (χ3v) is 8.54. The van der Waals surface area contributed by atoms with Gasteiger partial charge in [-0.2, -0.15) is 0 Å². The van der Waals surface area contributed by atoms with Gasteiger partial charge in [0.05, 0.1) is 11.3 Å². The van der Waals surface area contributed by atoms with Gasteiger partial charge in [0.2, 0.25) is 5.91 Å². The molecule has 1 fully saturated rings. The van der Waals surface area contributed by atoms with E-state index in [0.717, 1.165) is 35.6 Å². The van der Waals surface area contributed by atoms with Crippen LogP contribution in [-0.2, 0) is 24.3 Å². The van der Waals surface area contributed by atoms with Crippen LogP contribution in [0.3, 0.4) is 0 Å². The number of nitrogens with one attached hydrogen (secondary N) is 1. The zero-order chi connectivity index (χ0) is 27.1. The molecular formula is C28H29FN6O3S. The van der Waals surface area contributed by atoms with Crippen LogP contribution in [-0.4, -0.2) is 83.7 Å². The smallest absolute Gasteiger partial charge is 0.259 e. The van der Waals surface area contributed by atoms with Crippen molar-refractivity contribution in [2.75, 3.05) is 56.5 Å². The van der Waals surface area contributed by atoms with Crippen molar-refractivity contribution in [3.63, 3.8) is 0 Å². The number of carbonyl (C=O) groups is 3. The number of aromatic nitrogens is 1. The second kappa shape index (κ2) is 10.4. The molecule has 0 aliphatic carbocycles. The molecule has 3 aliphatic rings. The summed E-state index contributed by atoms with van der Waals surface area (Å²) in [5, 5.41) is 3.39. The van der Waals surface area contributed by atoms with Crippen molar-refractivity contribution in [2.24, 2.45) is 0 Å².